The maximum atomic E-state index is 11.5. The van der Waals surface area contributed by atoms with Crippen molar-refractivity contribution in [1.29, 1.82) is 0 Å². The molecule has 0 spiro atoms. The number of rotatable bonds is 1. The summed E-state index contributed by atoms with van der Waals surface area (Å²) in [7, 11) is 1.42. The first-order valence-corrected chi connectivity index (χ1v) is 6.04. The minimum Gasteiger partial charge on any atom is -0.465 e. The molecule has 3 rings (SSSR count). The third-order valence-corrected chi connectivity index (χ3v) is 4.21. The van der Waals surface area contributed by atoms with Crippen molar-refractivity contribution in [1.82, 2.24) is 0 Å². The molecule has 16 heavy (non-hydrogen) atoms. The molecule has 1 atom stereocenters. The number of hydrogen-bond acceptors (Lipinski definition) is 4. The Labute approximate surface area is 96.8 Å². The van der Waals surface area contributed by atoms with Crippen molar-refractivity contribution < 1.29 is 9.53 Å². The molecule has 2 heterocycles. The van der Waals surface area contributed by atoms with Crippen molar-refractivity contribution in [2.24, 2.45) is 4.99 Å². The van der Waals surface area contributed by atoms with E-state index in [1.54, 1.807) is 0 Å². The van der Waals surface area contributed by atoms with Crippen LogP contribution in [0.15, 0.2) is 11.1 Å². The van der Waals surface area contributed by atoms with Crippen LogP contribution in [-0.2, 0) is 4.74 Å². The van der Waals surface area contributed by atoms with E-state index < -0.39 is 0 Å². The van der Waals surface area contributed by atoms with Gasteiger partial charge in [-0.15, -0.1) is 11.3 Å². The molecule has 0 saturated carbocycles. The number of ether oxygens (including phenoxy) is 1. The average molecular weight is 233 g/mol. The van der Waals surface area contributed by atoms with Gasteiger partial charge in [-0.3, -0.25) is 4.99 Å². The minimum atomic E-state index is -0.246. The summed E-state index contributed by atoms with van der Waals surface area (Å²) in [4.78, 5) is 16.6. The second kappa shape index (κ2) is 3.56. The summed E-state index contributed by atoms with van der Waals surface area (Å²) in [5.41, 5.74) is 1.36. The van der Waals surface area contributed by atoms with Crippen LogP contribution in [0.4, 0.5) is 0 Å². The van der Waals surface area contributed by atoms with Gasteiger partial charge in [-0.25, -0.2) is 4.79 Å². The van der Waals surface area contributed by atoms with Crippen LogP contribution in [0, 0.1) is 0 Å². The highest BCUT2D eigenvalue weighted by molar-refractivity contribution is 7.12. The molecule has 1 aliphatic heterocycles. The SMILES string of the molecule is COC(=O)c1cc2c(s1)=C1CC=NC1CC=2. The van der Waals surface area contributed by atoms with Gasteiger partial charge in [-0.1, -0.05) is 6.08 Å². The fourth-order valence-electron chi connectivity index (χ4n) is 2.20. The first kappa shape index (κ1) is 9.78. The van der Waals surface area contributed by atoms with Crippen molar-refractivity contribution >= 4 is 35.2 Å². The van der Waals surface area contributed by atoms with E-state index in [4.69, 9.17) is 4.74 Å². The topological polar surface area (TPSA) is 38.7 Å². The zero-order valence-corrected chi connectivity index (χ0v) is 9.71. The van der Waals surface area contributed by atoms with E-state index in [2.05, 4.69) is 11.1 Å². The van der Waals surface area contributed by atoms with Crippen LogP contribution < -0.4 is 9.75 Å². The van der Waals surface area contributed by atoms with Crippen LogP contribution in [0.5, 0.6) is 0 Å². The van der Waals surface area contributed by atoms with Gasteiger partial charge in [-0.05, 0) is 23.3 Å². The van der Waals surface area contributed by atoms with Gasteiger partial charge in [0.1, 0.15) is 4.88 Å². The van der Waals surface area contributed by atoms with E-state index in [0.29, 0.717) is 10.9 Å². The first-order chi connectivity index (χ1) is 7.79. The standard InChI is InChI=1S/C12H11NO2S/c1-15-12(14)10-6-7-2-3-9-8(4-5-13-9)11(7)16-10/h2,5-6,9H,3-4H2,1H3. The normalized spacial score (nSPS) is 21.3. The number of hydrogen-bond donors (Lipinski definition) is 0. The zero-order chi connectivity index (χ0) is 11.1. The van der Waals surface area contributed by atoms with E-state index in [1.807, 2.05) is 12.3 Å². The van der Waals surface area contributed by atoms with E-state index in [1.165, 1.54) is 33.8 Å². The Balaban J connectivity index is 2.21. The molecular formula is C12H11NO2S. The molecule has 4 heteroatoms. The van der Waals surface area contributed by atoms with Gasteiger partial charge < -0.3 is 4.74 Å². The monoisotopic (exact) mass is 233 g/mol. The molecule has 82 valence electrons. The van der Waals surface area contributed by atoms with Gasteiger partial charge in [0.2, 0.25) is 0 Å². The summed E-state index contributed by atoms with van der Waals surface area (Å²) in [6.07, 6.45) is 6.01. The predicted molar refractivity (Wildman–Crippen MR) is 64.3 cm³/mol. The summed E-state index contributed by atoms with van der Waals surface area (Å²) >= 11 is 1.52. The smallest absolute Gasteiger partial charge is 0.348 e. The van der Waals surface area contributed by atoms with Gasteiger partial charge in [0.15, 0.2) is 0 Å². The molecule has 0 fully saturated rings. The quantitative estimate of drug-likeness (QED) is 0.670. The number of aliphatic imine (C=N–C) groups is 1. The van der Waals surface area contributed by atoms with Crippen LogP contribution >= 0.6 is 11.3 Å². The Bertz CT molecular complexity index is 597. The van der Waals surface area contributed by atoms with Crippen molar-refractivity contribution in [3.05, 3.63) is 20.7 Å². The number of nitrogens with zero attached hydrogens (tertiary/aromatic N) is 1. The number of carbonyl (C=O) groups is 1. The van der Waals surface area contributed by atoms with Crippen LogP contribution in [-0.4, -0.2) is 25.3 Å². The lowest BCUT2D eigenvalue weighted by molar-refractivity contribution is 0.0606. The Morgan fingerprint density at radius 3 is 3.31 bits per heavy atom. The maximum absolute atomic E-state index is 11.5. The third kappa shape index (κ3) is 1.33. The molecule has 0 aromatic carbocycles. The second-order valence-corrected chi connectivity index (χ2v) is 4.96. The highest BCUT2D eigenvalue weighted by Gasteiger charge is 2.22. The minimum absolute atomic E-state index is 0.246. The first-order valence-electron chi connectivity index (χ1n) is 5.22. The van der Waals surface area contributed by atoms with Crippen molar-refractivity contribution in [2.75, 3.05) is 7.11 Å². The lowest BCUT2D eigenvalue weighted by Crippen LogP contribution is -2.28. The van der Waals surface area contributed by atoms with E-state index in [-0.39, 0.29) is 5.97 Å². The molecule has 1 aromatic heterocycles. The van der Waals surface area contributed by atoms with Gasteiger partial charge >= 0.3 is 5.97 Å². The molecular weight excluding hydrogens is 222 g/mol. The van der Waals surface area contributed by atoms with E-state index >= 15 is 0 Å². The number of esters is 1. The predicted octanol–water partition coefficient (Wildman–Crippen LogP) is 0.713. The Morgan fingerprint density at radius 1 is 1.62 bits per heavy atom. The second-order valence-electron chi connectivity index (χ2n) is 3.90. The molecule has 0 saturated heterocycles. The van der Waals surface area contributed by atoms with E-state index in [0.717, 1.165) is 12.8 Å². The van der Waals surface area contributed by atoms with Crippen LogP contribution in [0.1, 0.15) is 22.5 Å². The summed E-state index contributed by atoms with van der Waals surface area (Å²) < 4.78 is 5.96. The fraction of sp³-hybridized carbons (Fsp3) is 0.333. The number of carbonyl (C=O) groups excluding carboxylic acids is 1. The third-order valence-electron chi connectivity index (χ3n) is 3.00. The molecule has 1 aliphatic carbocycles. The Morgan fingerprint density at radius 2 is 2.50 bits per heavy atom. The van der Waals surface area contributed by atoms with Gasteiger partial charge in [0.05, 0.1) is 13.2 Å². The summed E-state index contributed by atoms with van der Waals surface area (Å²) in [6, 6.07) is 2.24. The van der Waals surface area contributed by atoms with Crippen LogP contribution in [0.25, 0.3) is 11.6 Å². The summed E-state index contributed by atoms with van der Waals surface area (Å²) in [5.74, 6) is -0.246. The van der Waals surface area contributed by atoms with Crippen molar-refractivity contribution in [3.8, 4) is 0 Å². The van der Waals surface area contributed by atoms with Crippen LogP contribution in [0.2, 0.25) is 0 Å². The number of thiophene rings is 1. The highest BCUT2D eigenvalue weighted by atomic mass is 32.1. The fourth-order valence-corrected chi connectivity index (χ4v) is 3.38. The number of fused-ring (bicyclic) bond motifs is 2. The largest absolute Gasteiger partial charge is 0.465 e. The van der Waals surface area contributed by atoms with Gasteiger partial charge in [-0.2, -0.15) is 0 Å². The molecule has 0 bridgehead atoms. The average Bonchev–Trinajstić information content (AvgIpc) is 2.92. The summed E-state index contributed by atoms with van der Waals surface area (Å²) in [6.45, 7) is 0. The highest BCUT2D eigenvalue weighted by Crippen LogP contribution is 2.22. The molecule has 3 nitrogen and oxygen atoms in total. The van der Waals surface area contributed by atoms with E-state index in [9.17, 15) is 4.79 Å². The Kier molecular flexibility index (Phi) is 2.17. The molecule has 0 radical (unpaired) electrons. The molecule has 1 unspecified atom stereocenters. The van der Waals surface area contributed by atoms with Crippen LogP contribution in [0.3, 0.4) is 0 Å². The van der Waals surface area contributed by atoms with Gasteiger partial charge in [0.25, 0.3) is 0 Å². The van der Waals surface area contributed by atoms with Gasteiger partial charge in [0, 0.05) is 17.2 Å². The molecule has 0 N–H and O–H groups in total. The molecule has 0 amide bonds. The lowest BCUT2D eigenvalue weighted by atomic mass is 10.00. The Hall–Kier alpha value is -1.42. The zero-order valence-electron chi connectivity index (χ0n) is 8.90. The summed E-state index contributed by atoms with van der Waals surface area (Å²) in [5, 5.41) is 1.17. The lowest BCUT2D eigenvalue weighted by Gasteiger charge is -2.09. The maximum Gasteiger partial charge on any atom is 0.348 e. The molecule has 2 aliphatic rings. The van der Waals surface area contributed by atoms with Crippen molar-refractivity contribution in [3.63, 3.8) is 0 Å². The van der Waals surface area contributed by atoms with Crippen molar-refractivity contribution in [2.45, 2.75) is 18.9 Å². The molecule has 1 aromatic rings. The number of methoxy groups -OCH3 is 1.